The van der Waals surface area contributed by atoms with Gasteiger partial charge in [0.25, 0.3) is 0 Å². The van der Waals surface area contributed by atoms with Gasteiger partial charge in [-0.05, 0) is 24.3 Å². The van der Waals surface area contributed by atoms with Crippen LogP contribution in [0.5, 0.6) is 11.5 Å². The van der Waals surface area contributed by atoms with Crippen LogP contribution in [-0.4, -0.2) is 12.3 Å². The molecular formula is C15H15Cl2NOS. The van der Waals surface area contributed by atoms with Gasteiger partial charge in [-0.2, -0.15) is 0 Å². The Morgan fingerprint density at radius 2 is 1.85 bits per heavy atom. The Hall–Kier alpha value is -0.870. The number of fused-ring (bicyclic) bond motifs is 2. The first-order valence-electron chi connectivity index (χ1n) is 6.17. The molecule has 2 aromatic rings. The fourth-order valence-electron chi connectivity index (χ4n) is 2.26. The highest BCUT2D eigenvalue weighted by atomic mass is 35.5. The number of hydrogen-bond donors (Lipinski definition) is 1. The maximum absolute atomic E-state index is 6.11. The van der Waals surface area contributed by atoms with E-state index in [9.17, 15) is 0 Å². The van der Waals surface area contributed by atoms with E-state index in [0.717, 1.165) is 27.8 Å². The number of hydrogen-bond acceptors (Lipinski definition) is 3. The number of thioether (sulfide) groups is 1. The van der Waals surface area contributed by atoms with Crippen molar-refractivity contribution in [2.24, 2.45) is 5.73 Å². The van der Waals surface area contributed by atoms with Gasteiger partial charge in [-0.3, -0.25) is 0 Å². The van der Waals surface area contributed by atoms with E-state index in [0.29, 0.717) is 6.54 Å². The summed E-state index contributed by atoms with van der Waals surface area (Å²) >= 11 is 7.94. The highest BCUT2D eigenvalue weighted by Crippen LogP contribution is 2.49. The molecule has 1 aliphatic heterocycles. The lowest BCUT2D eigenvalue weighted by molar-refractivity contribution is 0.459. The predicted molar refractivity (Wildman–Crippen MR) is 88.6 cm³/mol. The van der Waals surface area contributed by atoms with E-state index in [2.05, 4.69) is 6.07 Å². The van der Waals surface area contributed by atoms with Gasteiger partial charge in [0.2, 0.25) is 0 Å². The number of rotatable bonds is 3. The van der Waals surface area contributed by atoms with Gasteiger partial charge < -0.3 is 10.5 Å². The van der Waals surface area contributed by atoms with E-state index in [1.54, 1.807) is 0 Å². The van der Waals surface area contributed by atoms with E-state index in [4.69, 9.17) is 22.1 Å². The summed E-state index contributed by atoms with van der Waals surface area (Å²) in [5.74, 6) is 2.72. The summed E-state index contributed by atoms with van der Waals surface area (Å²) in [6, 6.07) is 13.9. The molecule has 0 aromatic heterocycles. The molecule has 0 radical (unpaired) electrons. The van der Waals surface area contributed by atoms with Crippen LogP contribution in [0.4, 0.5) is 0 Å². The van der Waals surface area contributed by atoms with Crippen LogP contribution in [-0.2, 0) is 0 Å². The highest BCUT2D eigenvalue weighted by molar-refractivity contribution is 7.99. The maximum Gasteiger partial charge on any atom is 0.132 e. The summed E-state index contributed by atoms with van der Waals surface area (Å²) in [7, 11) is 0. The zero-order chi connectivity index (χ0) is 13.2. The summed E-state index contributed by atoms with van der Waals surface area (Å²) in [5.41, 5.74) is 7.96. The number of benzene rings is 2. The van der Waals surface area contributed by atoms with Crippen molar-refractivity contribution in [3.8, 4) is 11.5 Å². The lowest BCUT2D eigenvalue weighted by atomic mass is 10.00. The summed E-state index contributed by atoms with van der Waals surface area (Å²) in [6.45, 7) is 0.667. The van der Waals surface area contributed by atoms with Crippen LogP contribution in [0.1, 0.15) is 16.4 Å². The van der Waals surface area contributed by atoms with Crippen LogP contribution in [0, 0.1) is 0 Å². The number of nitrogens with two attached hydrogens (primary N) is 1. The van der Waals surface area contributed by atoms with Gasteiger partial charge in [-0.15, -0.1) is 24.2 Å². The average Bonchev–Trinajstić information content (AvgIpc) is 2.44. The molecule has 20 heavy (non-hydrogen) atoms. The third-order valence-corrected chi connectivity index (χ3v) is 4.63. The molecule has 2 N–H and O–H groups in total. The van der Waals surface area contributed by atoms with Gasteiger partial charge in [0.15, 0.2) is 0 Å². The molecule has 1 unspecified atom stereocenters. The minimum atomic E-state index is 0. The van der Waals surface area contributed by atoms with Crippen molar-refractivity contribution < 1.29 is 4.74 Å². The third kappa shape index (κ3) is 2.91. The van der Waals surface area contributed by atoms with E-state index in [1.165, 1.54) is 5.56 Å². The molecule has 2 aromatic carbocycles. The van der Waals surface area contributed by atoms with E-state index in [1.807, 2.05) is 48.2 Å². The molecule has 106 valence electrons. The second-order valence-corrected chi connectivity index (χ2v) is 6.01. The maximum atomic E-state index is 6.11. The summed E-state index contributed by atoms with van der Waals surface area (Å²) < 4.78 is 5.94. The smallest absolute Gasteiger partial charge is 0.132 e. The molecule has 0 aliphatic carbocycles. The van der Waals surface area contributed by atoms with Crippen molar-refractivity contribution in [1.82, 2.24) is 0 Å². The molecule has 5 heteroatoms. The van der Waals surface area contributed by atoms with Crippen LogP contribution in [0.3, 0.4) is 0 Å². The van der Waals surface area contributed by atoms with Crippen LogP contribution in [0.25, 0.3) is 0 Å². The third-order valence-electron chi connectivity index (χ3n) is 3.08. The molecule has 1 aliphatic rings. The number of halogens is 2. The van der Waals surface area contributed by atoms with Gasteiger partial charge in [0, 0.05) is 28.4 Å². The van der Waals surface area contributed by atoms with Crippen molar-refractivity contribution in [3.05, 3.63) is 58.6 Å². The molecule has 1 atom stereocenters. The number of ether oxygens (including phenoxy) is 1. The van der Waals surface area contributed by atoms with Gasteiger partial charge in [-0.1, -0.05) is 29.8 Å². The monoisotopic (exact) mass is 327 g/mol. The lowest BCUT2D eigenvalue weighted by Crippen LogP contribution is -2.10. The molecular weight excluding hydrogens is 313 g/mol. The first-order chi connectivity index (χ1) is 9.29. The van der Waals surface area contributed by atoms with Crippen LogP contribution >= 0.6 is 35.8 Å². The fraction of sp³-hybridized carbons (Fsp3) is 0.200. The van der Waals surface area contributed by atoms with Gasteiger partial charge >= 0.3 is 0 Å². The van der Waals surface area contributed by atoms with Crippen molar-refractivity contribution in [2.45, 2.75) is 5.25 Å². The Bertz CT molecular complexity index is 606. The molecule has 0 amide bonds. The number of para-hydroxylation sites is 1. The molecule has 0 saturated heterocycles. The Morgan fingerprint density at radius 3 is 2.65 bits per heavy atom. The quantitative estimate of drug-likeness (QED) is 0.891. The Labute approximate surface area is 134 Å². The van der Waals surface area contributed by atoms with E-state index < -0.39 is 0 Å². The Morgan fingerprint density at radius 1 is 1.10 bits per heavy atom. The highest BCUT2D eigenvalue weighted by Gasteiger charge is 2.27. The van der Waals surface area contributed by atoms with Crippen LogP contribution in [0.2, 0.25) is 5.02 Å². The Balaban J connectivity index is 0.00000147. The van der Waals surface area contributed by atoms with E-state index in [-0.39, 0.29) is 17.7 Å². The van der Waals surface area contributed by atoms with Gasteiger partial charge in [-0.25, -0.2) is 0 Å². The fourth-order valence-corrected chi connectivity index (χ4v) is 3.55. The van der Waals surface area contributed by atoms with Gasteiger partial charge in [0.05, 0.1) is 5.25 Å². The SMILES string of the molecule is Cl.NCCSC1c2ccccc2Oc2ccc(Cl)cc21. The average molecular weight is 328 g/mol. The molecule has 1 heterocycles. The molecule has 3 rings (SSSR count). The summed E-state index contributed by atoms with van der Waals surface area (Å²) in [5, 5.41) is 0.974. The first-order valence-corrected chi connectivity index (χ1v) is 7.60. The lowest BCUT2D eigenvalue weighted by Gasteiger charge is -2.27. The zero-order valence-electron chi connectivity index (χ0n) is 10.7. The van der Waals surface area contributed by atoms with Crippen LogP contribution in [0.15, 0.2) is 42.5 Å². The molecule has 2 nitrogen and oxygen atoms in total. The predicted octanol–water partition coefficient (Wildman–Crippen LogP) is 4.65. The van der Waals surface area contributed by atoms with Gasteiger partial charge in [0.1, 0.15) is 11.5 Å². The summed E-state index contributed by atoms with van der Waals surface area (Å²) in [4.78, 5) is 0. The zero-order valence-corrected chi connectivity index (χ0v) is 13.1. The molecule has 0 fully saturated rings. The minimum absolute atomic E-state index is 0. The standard InChI is InChI=1S/C15H14ClNOS.ClH/c16-10-5-6-14-12(9-10)15(19-8-7-17)11-3-1-2-4-13(11)18-14;/h1-6,9,15H,7-8,17H2;1H. The minimum Gasteiger partial charge on any atom is -0.457 e. The van der Waals surface area contributed by atoms with Crippen molar-refractivity contribution in [2.75, 3.05) is 12.3 Å². The topological polar surface area (TPSA) is 35.2 Å². The van der Waals surface area contributed by atoms with Crippen molar-refractivity contribution >= 4 is 35.8 Å². The molecule has 0 spiro atoms. The van der Waals surface area contributed by atoms with Crippen molar-refractivity contribution in [1.29, 1.82) is 0 Å². The molecule has 0 saturated carbocycles. The normalized spacial score (nSPS) is 15.6. The molecule has 0 bridgehead atoms. The summed E-state index contributed by atoms with van der Waals surface area (Å²) in [6.07, 6.45) is 0. The van der Waals surface area contributed by atoms with Crippen molar-refractivity contribution in [3.63, 3.8) is 0 Å². The second-order valence-electron chi connectivity index (χ2n) is 4.36. The Kier molecular flexibility index (Phi) is 5.22. The largest absolute Gasteiger partial charge is 0.457 e. The van der Waals surface area contributed by atoms with Crippen LogP contribution < -0.4 is 10.5 Å². The second kappa shape index (κ2) is 6.72. The van der Waals surface area contributed by atoms with E-state index >= 15 is 0 Å². The first kappa shape index (κ1) is 15.5.